The second-order valence-corrected chi connectivity index (χ2v) is 7.39. The van der Waals surface area contributed by atoms with E-state index in [2.05, 4.69) is 16.7 Å². The molecule has 1 N–H and O–H groups in total. The smallest absolute Gasteiger partial charge is 0.325 e. The fourth-order valence-corrected chi connectivity index (χ4v) is 3.95. The number of H-pyrrole nitrogens is 1. The van der Waals surface area contributed by atoms with Crippen LogP contribution < -0.4 is 15.1 Å². The third kappa shape index (κ3) is 2.95. The number of anilines is 1. The van der Waals surface area contributed by atoms with Crippen LogP contribution in [-0.4, -0.2) is 21.7 Å². The van der Waals surface area contributed by atoms with Crippen LogP contribution in [0.3, 0.4) is 0 Å². The number of carbonyl (C=O) groups is 1. The van der Waals surface area contributed by atoms with Crippen molar-refractivity contribution in [2.75, 3.05) is 10.7 Å². The van der Waals surface area contributed by atoms with Crippen molar-refractivity contribution in [1.29, 1.82) is 0 Å². The fourth-order valence-electron chi connectivity index (χ4n) is 3.37. The molecule has 3 heterocycles. The number of fused-ring (bicyclic) bond motifs is 3. The molecule has 0 saturated heterocycles. The third-order valence-electron chi connectivity index (χ3n) is 4.45. The van der Waals surface area contributed by atoms with Gasteiger partial charge in [0.05, 0.1) is 11.3 Å². The monoisotopic (exact) mass is 395 g/mol. The number of nitrogens with zero attached hydrogens (tertiary/aromatic N) is 3. The Morgan fingerprint density at radius 3 is 2.86 bits per heavy atom. The number of aromatic amines is 1. The third-order valence-corrected chi connectivity index (χ3v) is 5.31. The molecule has 3 aromatic rings. The van der Waals surface area contributed by atoms with Crippen LogP contribution in [0.2, 0.25) is 0 Å². The summed E-state index contributed by atoms with van der Waals surface area (Å²) >= 11 is 1.36. The molecule has 0 saturated carbocycles. The minimum atomic E-state index is -0.693. The fraction of sp³-hybridized carbons (Fsp3) is 0.200. The Labute approximate surface area is 165 Å². The topological polar surface area (TPSA) is 83.1 Å². The summed E-state index contributed by atoms with van der Waals surface area (Å²) in [5, 5.41) is 5.08. The first-order valence-electron chi connectivity index (χ1n) is 8.76. The largest absolute Gasteiger partial charge is 0.457 e. The highest BCUT2D eigenvalue weighted by atomic mass is 32.2. The van der Waals surface area contributed by atoms with Crippen molar-refractivity contribution in [3.05, 3.63) is 70.9 Å². The van der Waals surface area contributed by atoms with Gasteiger partial charge in [-0.05, 0) is 35.9 Å². The molecule has 0 aliphatic carbocycles. The number of amides is 1. The van der Waals surface area contributed by atoms with E-state index in [0.29, 0.717) is 39.4 Å². The molecule has 7 nitrogen and oxygen atoms in total. The van der Waals surface area contributed by atoms with E-state index in [4.69, 9.17) is 4.42 Å². The van der Waals surface area contributed by atoms with Crippen LogP contribution in [0.1, 0.15) is 24.6 Å². The molecular weight excluding hydrogens is 376 g/mol. The number of aryl methyl sites for hydroxylation is 1. The highest BCUT2D eigenvalue weighted by Crippen LogP contribution is 2.37. The zero-order valence-corrected chi connectivity index (χ0v) is 16.3. The number of benzene rings is 1. The van der Waals surface area contributed by atoms with Crippen LogP contribution in [0, 0.1) is 6.92 Å². The molecule has 2 aromatic heterocycles. The molecule has 0 fully saturated rings. The SMILES string of the molecule is C=CCSc1n[n+]2c(c(=O)[nH]1)-c1ccccc1N(C(C)=O)[C@@H]2c1ccc(C)o1. The van der Waals surface area contributed by atoms with Crippen LogP contribution in [-0.2, 0) is 4.79 Å². The van der Waals surface area contributed by atoms with Gasteiger partial charge < -0.3 is 4.42 Å². The lowest BCUT2D eigenvalue weighted by atomic mass is 10.0. The number of carbonyl (C=O) groups excluding carboxylic acids is 1. The molecule has 1 amide bonds. The van der Waals surface area contributed by atoms with Crippen molar-refractivity contribution in [2.45, 2.75) is 25.2 Å². The van der Waals surface area contributed by atoms with Gasteiger partial charge in [0.1, 0.15) is 5.76 Å². The van der Waals surface area contributed by atoms with Gasteiger partial charge in [0, 0.05) is 17.8 Å². The molecule has 4 rings (SSSR count). The highest BCUT2D eigenvalue weighted by Gasteiger charge is 2.46. The van der Waals surface area contributed by atoms with E-state index < -0.39 is 6.17 Å². The van der Waals surface area contributed by atoms with E-state index in [1.54, 1.807) is 21.7 Å². The van der Waals surface area contributed by atoms with Crippen molar-refractivity contribution in [2.24, 2.45) is 0 Å². The van der Waals surface area contributed by atoms with Crippen LogP contribution in [0.25, 0.3) is 11.3 Å². The summed E-state index contributed by atoms with van der Waals surface area (Å²) in [4.78, 5) is 30.1. The summed E-state index contributed by atoms with van der Waals surface area (Å²) in [5.41, 5.74) is 1.40. The molecule has 0 spiro atoms. The summed E-state index contributed by atoms with van der Waals surface area (Å²) in [6.07, 6.45) is 1.04. The number of para-hydroxylation sites is 1. The maximum absolute atomic E-state index is 13.0. The van der Waals surface area contributed by atoms with Gasteiger partial charge in [-0.25, -0.2) is 4.90 Å². The summed E-state index contributed by atoms with van der Waals surface area (Å²) in [6, 6.07) is 10.9. The molecule has 1 aliphatic rings. The normalized spacial score (nSPS) is 15.1. The number of rotatable bonds is 4. The van der Waals surface area contributed by atoms with Gasteiger partial charge in [-0.2, -0.15) is 0 Å². The number of furan rings is 1. The Morgan fingerprint density at radius 2 is 2.18 bits per heavy atom. The molecule has 1 aromatic carbocycles. The van der Waals surface area contributed by atoms with Gasteiger partial charge in [-0.1, -0.05) is 30.0 Å². The van der Waals surface area contributed by atoms with Crippen molar-refractivity contribution < 1.29 is 13.9 Å². The van der Waals surface area contributed by atoms with E-state index >= 15 is 0 Å². The first-order valence-corrected chi connectivity index (χ1v) is 9.75. The lowest BCUT2D eigenvalue weighted by molar-refractivity contribution is -0.764. The average molecular weight is 395 g/mol. The van der Waals surface area contributed by atoms with Crippen molar-refractivity contribution in [3.63, 3.8) is 0 Å². The Hall–Kier alpha value is -3.13. The van der Waals surface area contributed by atoms with Gasteiger partial charge >= 0.3 is 17.4 Å². The number of nitrogens with one attached hydrogen (secondary N) is 1. The van der Waals surface area contributed by atoms with Gasteiger partial charge in [-0.15, -0.1) is 6.58 Å². The van der Waals surface area contributed by atoms with Crippen LogP contribution >= 0.6 is 11.8 Å². The van der Waals surface area contributed by atoms with E-state index in [1.807, 2.05) is 37.3 Å². The Kier molecular flexibility index (Phi) is 4.64. The minimum absolute atomic E-state index is 0.174. The van der Waals surface area contributed by atoms with Crippen molar-refractivity contribution in [3.8, 4) is 11.3 Å². The van der Waals surface area contributed by atoms with E-state index in [-0.39, 0.29) is 11.5 Å². The standard InChI is InChI=1S/C20H18N4O3S/c1-4-11-28-20-21-18(26)17-14-7-5-6-8-15(14)23(13(3)25)19(24(17)22-20)16-10-9-12(2)27-16/h4-10,19H,1,11H2,2-3H3/p+1/t19-/m0/s1. The summed E-state index contributed by atoms with van der Waals surface area (Å²) in [6.45, 7) is 7.03. The lowest BCUT2D eigenvalue weighted by Gasteiger charge is -2.29. The molecule has 8 heteroatoms. The van der Waals surface area contributed by atoms with E-state index in [0.717, 1.165) is 0 Å². The Bertz CT molecular complexity index is 1130. The van der Waals surface area contributed by atoms with Gasteiger partial charge in [0.2, 0.25) is 11.1 Å². The first kappa shape index (κ1) is 18.2. The predicted octanol–water partition coefficient (Wildman–Crippen LogP) is 2.82. The molecule has 1 atom stereocenters. The molecular formula is C20H19N4O3S+. The maximum Gasteiger partial charge on any atom is 0.325 e. The predicted molar refractivity (Wildman–Crippen MR) is 106 cm³/mol. The lowest BCUT2D eigenvalue weighted by Crippen LogP contribution is -2.60. The molecule has 142 valence electrons. The summed E-state index contributed by atoms with van der Waals surface area (Å²) < 4.78 is 7.42. The second kappa shape index (κ2) is 7.12. The van der Waals surface area contributed by atoms with Gasteiger partial charge in [0.15, 0.2) is 5.76 Å². The maximum atomic E-state index is 13.0. The zero-order chi connectivity index (χ0) is 19.8. The molecule has 0 bridgehead atoms. The zero-order valence-electron chi connectivity index (χ0n) is 15.5. The molecule has 0 unspecified atom stereocenters. The van der Waals surface area contributed by atoms with Gasteiger partial charge in [0.25, 0.3) is 0 Å². The van der Waals surface area contributed by atoms with Crippen molar-refractivity contribution >= 4 is 23.4 Å². The van der Waals surface area contributed by atoms with E-state index in [9.17, 15) is 9.59 Å². The van der Waals surface area contributed by atoms with Gasteiger partial charge in [-0.3, -0.25) is 14.6 Å². The van der Waals surface area contributed by atoms with Crippen LogP contribution in [0.15, 0.2) is 63.4 Å². The van der Waals surface area contributed by atoms with E-state index in [1.165, 1.54) is 18.7 Å². The van der Waals surface area contributed by atoms with Crippen LogP contribution in [0.4, 0.5) is 5.69 Å². The first-order chi connectivity index (χ1) is 13.5. The van der Waals surface area contributed by atoms with Crippen molar-refractivity contribution in [1.82, 2.24) is 10.1 Å². The number of thioether (sulfide) groups is 1. The number of hydrogen-bond donors (Lipinski definition) is 1. The molecule has 28 heavy (non-hydrogen) atoms. The highest BCUT2D eigenvalue weighted by molar-refractivity contribution is 7.99. The molecule has 0 radical (unpaired) electrons. The van der Waals surface area contributed by atoms with Crippen LogP contribution in [0.5, 0.6) is 0 Å². The molecule has 1 aliphatic heterocycles. The number of aromatic nitrogens is 3. The Morgan fingerprint density at radius 1 is 1.39 bits per heavy atom. The quantitative estimate of drug-likeness (QED) is 0.417. The summed E-state index contributed by atoms with van der Waals surface area (Å²) in [7, 11) is 0. The summed E-state index contributed by atoms with van der Waals surface area (Å²) in [5.74, 6) is 1.67. The minimum Gasteiger partial charge on any atom is -0.457 e. The second-order valence-electron chi connectivity index (χ2n) is 6.38. The Balaban J connectivity index is 2.03. The average Bonchev–Trinajstić information content (AvgIpc) is 3.10. The number of hydrogen-bond acceptors (Lipinski definition) is 5.